The molecule has 1 aliphatic carbocycles. The van der Waals surface area contributed by atoms with Crippen molar-refractivity contribution in [3.8, 4) is 0 Å². The van der Waals surface area contributed by atoms with Crippen LogP contribution in [-0.4, -0.2) is 54.6 Å². The number of hydrogen-bond donors (Lipinski definition) is 1. The molecule has 2 N–H and O–H groups in total. The maximum atomic E-state index is 6.24. The molecule has 3 heteroatoms. The van der Waals surface area contributed by atoms with Crippen molar-refractivity contribution in [2.24, 2.45) is 11.7 Å². The van der Waals surface area contributed by atoms with Crippen LogP contribution in [-0.2, 0) is 0 Å². The lowest BCUT2D eigenvalue weighted by atomic mass is 9.88. The van der Waals surface area contributed by atoms with Crippen molar-refractivity contribution < 1.29 is 0 Å². The number of hydrogen-bond acceptors (Lipinski definition) is 3. The van der Waals surface area contributed by atoms with Gasteiger partial charge in [-0.15, -0.1) is 0 Å². The third kappa shape index (κ3) is 3.75. The van der Waals surface area contributed by atoms with Crippen molar-refractivity contribution >= 4 is 0 Å². The van der Waals surface area contributed by atoms with Gasteiger partial charge in [0.1, 0.15) is 0 Å². The Morgan fingerprint density at radius 1 is 1.15 bits per heavy atom. The first kappa shape index (κ1) is 16.3. The second kappa shape index (κ2) is 7.24. The van der Waals surface area contributed by atoms with Crippen molar-refractivity contribution in [2.45, 2.75) is 70.4 Å². The number of likely N-dealkylation sites (tertiary alicyclic amines) is 1. The van der Waals surface area contributed by atoms with E-state index in [-0.39, 0.29) is 5.54 Å². The van der Waals surface area contributed by atoms with Crippen LogP contribution >= 0.6 is 0 Å². The predicted molar refractivity (Wildman–Crippen MR) is 86.9 cm³/mol. The Balaban J connectivity index is 1.96. The zero-order valence-electron chi connectivity index (χ0n) is 13.9. The molecular formula is C17H35N3. The summed E-state index contributed by atoms with van der Waals surface area (Å²) in [6, 6.07) is 0.670. The standard InChI is InChI=1S/C17H35N3/c1-15(2)20-11-6-9-17(14-18,10-12-20)19(3)13-16-7-4-5-8-16/h15-16H,4-14,18H2,1-3H3. The van der Waals surface area contributed by atoms with Gasteiger partial charge in [-0.1, -0.05) is 12.8 Å². The first-order chi connectivity index (χ1) is 9.57. The number of likely N-dealkylation sites (N-methyl/N-ethyl adjacent to an activating group) is 1. The van der Waals surface area contributed by atoms with Crippen molar-refractivity contribution in [1.82, 2.24) is 9.80 Å². The van der Waals surface area contributed by atoms with Crippen LogP contribution in [0.3, 0.4) is 0 Å². The van der Waals surface area contributed by atoms with Crippen LogP contribution in [0.4, 0.5) is 0 Å². The Kier molecular flexibility index (Phi) is 5.88. The van der Waals surface area contributed by atoms with Gasteiger partial charge in [0.15, 0.2) is 0 Å². The molecule has 2 aliphatic rings. The molecule has 1 saturated carbocycles. The van der Waals surface area contributed by atoms with E-state index < -0.39 is 0 Å². The van der Waals surface area contributed by atoms with Crippen LogP contribution in [0.2, 0.25) is 0 Å². The van der Waals surface area contributed by atoms with E-state index in [4.69, 9.17) is 5.73 Å². The van der Waals surface area contributed by atoms with Crippen molar-refractivity contribution in [3.63, 3.8) is 0 Å². The first-order valence-corrected chi connectivity index (χ1v) is 8.73. The molecule has 3 nitrogen and oxygen atoms in total. The third-order valence-electron chi connectivity index (χ3n) is 5.88. The predicted octanol–water partition coefficient (Wildman–Crippen LogP) is 2.70. The zero-order chi connectivity index (χ0) is 14.6. The van der Waals surface area contributed by atoms with E-state index in [1.54, 1.807) is 0 Å². The van der Waals surface area contributed by atoms with Gasteiger partial charge in [0.2, 0.25) is 0 Å². The number of nitrogens with two attached hydrogens (primary N) is 1. The van der Waals surface area contributed by atoms with Gasteiger partial charge in [0.05, 0.1) is 0 Å². The van der Waals surface area contributed by atoms with Crippen molar-refractivity contribution in [2.75, 3.05) is 33.2 Å². The minimum atomic E-state index is 0.256. The van der Waals surface area contributed by atoms with E-state index in [9.17, 15) is 0 Å². The second-order valence-corrected chi connectivity index (χ2v) is 7.44. The summed E-state index contributed by atoms with van der Waals surface area (Å²) in [4.78, 5) is 5.26. The van der Waals surface area contributed by atoms with E-state index in [0.717, 1.165) is 12.5 Å². The molecule has 2 fully saturated rings. The van der Waals surface area contributed by atoms with Crippen LogP contribution < -0.4 is 5.73 Å². The fourth-order valence-electron chi connectivity index (χ4n) is 4.23. The van der Waals surface area contributed by atoms with E-state index in [0.29, 0.717) is 6.04 Å². The lowest BCUT2D eigenvalue weighted by molar-refractivity contribution is 0.0881. The highest BCUT2D eigenvalue weighted by molar-refractivity contribution is 4.94. The molecule has 1 unspecified atom stereocenters. The average molecular weight is 281 g/mol. The third-order valence-corrected chi connectivity index (χ3v) is 5.88. The number of rotatable bonds is 5. The van der Waals surface area contributed by atoms with Gasteiger partial charge in [-0.2, -0.15) is 0 Å². The molecule has 0 amide bonds. The molecule has 1 atom stereocenters. The highest BCUT2D eigenvalue weighted by atomic mass is 15.2. The molecular weight excluding hydrogens is 246 g/mol. The quantitative estimate of drug-likeness (QED) is 0.841. The van der Waals surface area contributed by atoms with Gasteiger partial charge < -0.3 is 10.6 Å². The van der Waals surface area contributed by atoms with Gasteiger partial charge >= 0.3 is 0 Å². The lowest BCUT2D eigenvalue weighted by Gasteiger charge is -2.42. The summed E-state index contributed by atoms with van der Waals surface area (Å²) >= 11 is 0. The van der Waals surface area contributed by atoms with E-state index in [2.05, 4.69) is 30.7 Å². The maximum absolute atomic E-state index is 6.24. The molecule has 0 radical (unpaired) electrons. The fourth-order valence-corrected chi connectivity index (χ4v) is 4.23. The molecule has 2 rings (SSSR count). The van der Waals surface area contributed by atoms with Crippen LogP contribution in [0.15, 0.2) is 0 Å². The summed E-state index contributed by atoms with van der Waals surface area (Å²) in [7, 11) is 2.33. The highest BCUT2D eigenvalue weighted by Gasteiger charge is 2.36. The van der Waals surface area contributed by atoms with Crippen LogP contribution in [0, 0.1) is 5.92 Å². The summed E-state index contributed by atoms with van der Waals surface area (Å²) in [5.74, 6) is 0.924. The molecule has 1 aliphatic heterocycles. The molecule has 0 spiro atoms. The smallest absolute Gasteiger partial charge is 0.0341 e. The molecule has 1 heterocycles. The van der Waals surface area contributed by atoms with Gasteiger partial charge in [0, 0.05) is 31.2 Å². The summed E-state index contributed by atoms with van der Waals surface area (Å²) in [6.45, 7) is 9.18. The van der Waals surface area contributed by atoms with Gasteiger partial charge in [-0.3, -0.25) is 4.90 Å². The van der Waals surface area contributed by atoms with Crippen LogP contribution in [0.5, 0.6) is 0 Å². The zero-order valence-corrected chi connectivity index (χ0v) is 13.9. The Bertz CT molecular complexity index is 286. The van der Waals surface area contributed by atoms with Crippen molar-refractivity contribution in [3.05, 3.63) is 0 Å². The highest BCUT2D eigenvalue weighted by Crippen LogP contribution is 2.32. The van der Waals surface area contributed by atoms with Gasteiger partial charge in [0.25, 0.3) is 0 Å². The van der Waals surface area contributed by atoms with E-state index in [1.165, 1.54) is 64.6 Å². The molecule has 1 saturated heterocycles. The van der Waals surface area contributed by atoms with Gasteiger partial charge in [-0.05, 0) is 65.5 Å². The summed E-state index contributed by atoms with van der Waals surface area (Å²) in [5, 5.41) is 0. The molecule has 0 aromatic carbocycles. The largest absolute Gasteiger partial charge is 0.329 e. The van der Waals surface area contributed by atoms with Crippen molar-refractivity contribution in [1.29, 1.82) is 0 Å². The Morgan fingerprint density at radius 2 is 1.85 bits per heavy atom. The maximum Gasteiger partial charge on any atom is 0.0341 e. The summed E-state index contributed by atoms with van der Waals surface area (Å²) in [6.07, 6.45) is 9.56. The SMILES string of the molecule is CC(C)N1CCCC(CN)(N(C)CC2CCCC2)CC1. The molecule has 0 aromatic heterocycles. The summed E-state index contributed by atoms with van der Waals surface area (Å²) < 4.78 is 0. The molecule has 0 aromatic rings. The Hall–Kier alpha value is -0.120. The summed E-state index contributed by atoms with van der Waals surface area (Å²) in [5.41, 5.74) is 6.50. The van der Waals surface area contributed by atoms with Crippen LogP contribution in [0.1, 0.15) is 58.8 Å². The molecule has 20 heavy (non-hydrogen) atoms. The topological polar surface area (TPSA) is 32.5 Å². The minimum Gasteiger partial charge on any atom is -0.329 e. The monoisotopic (exact) mass is 281 g/mol. The molecule has 118 valence electrons. The Labute approximate surface area is 125 Å². The van der Waals surface area contributed by atoms with E-state index in [1.807, 2.05) is 0 Å². The molecule has 0 bridgehead atoms. The lowest BCUT2D eigenvalue weighted by Crippen LogP contribution is -2.53. The first-order valence-electron chi connectivity index (χ1n) is 8.73. The van der Waals surface area contributed by atoms with Crippen LogP contribution in [0.25, 0.3) is 0 Å². The Morgan fingerprint density at radius 3 is 2.45 bits per heavy atom. The second-order valence-electron chi connectivity index (χ2n) is 7.44. The van der Waals surface area contributed by atoms with Gasteiger partial charge in [-0.25, -0.2) is 0 Å². The minimum absolute atomic E-state index is 0.256. The number of nitrogens with zero attached hydrogens (tertiary/aromatic N) is 2. The fraction of sp³-hybridized carbons (Fsp3) is 1.00. The normalized spacial score (nSPS) is 30.3. The average Bonchev–Trinajstić information content (AvgIpc) is 2.82. The van der Waals surface area contributed by atoms with E-state index >= 15 is 0 Å².